The van der Waals surface area contributed by atoms with Crippen molar-refractivity contribution in [2.24, 2.45) is 0 Å². The van der Waals surface area contributed by atoms with Gasteiger partial charge in [0.05, 0.1) is 22.6 Å². The first-order valence-electron chi connectivity index (χ1n) is 18.6. The van der Waals surface area contributed by atoms with Crippen molar-refractivity contribution >= 4 is 40.7 Å². The van der Waals surface area contributed by atoms with E-state index in [1.807, 2.05) is 6.20 Å². The van der Waals surface area contributed by atoms with E-state index in [1.165, 1.54) is 27.8 Å². The highest BCUT2D eigenvalue weighted by Gasteiger charge is 2.37. The van der Waals surface area contributed by atoms with Gasteiger partial charge < -0.3 is 0 Å². The zero-order valence-corrected chi connectivity index (χ0v) is 32.9. The second kappa shape index (κ2) is 12.7. The fraction of sp³-hybridized carbons (Fsp3) is 0.224. The molecule has 0 N–H and O–H groups in total. The second-order valence-electron chi connectivity index (χ2n) is 17.0. The van der Waals surface area contributed by atoms with Crippen LogP contribution < -0.4 is 4.90 Å². The van der Waals surface area contributed by atoms with E-state index in [0.29, 0.717) is 0 Å². The Morgan fingerprint density at radius 3 is 1.92 bits per heavy atom. The zero-order valence-electron chi connectivity index (χ0n) is 32.0. The summed E-state index contributed by atoms with van der Waals surface area (Å²) in [6, 6.07) is 46.1. The van der Waals surface area contributed by atoms with Crippen molar-refractivity contribution in [3.05, 3.63) is 156 Å². The summed E-state index contributed by atoms with van der Waals surface area (Å²) in [6.45, 7) is 18.2. The Hall–Kier alpha value is -5.19. The molecule has 8 rings (SSSR count). The Morgan fingerprint density at radius 1 is 0.566 bits per heavy atom. The normalized spacial score (nSPS) is 13.9. The van der Waals surface area contributed by atoms with Gasteiger partial charge >= 0.3 is 0 Å². The Morgan fingerprint density at radius 2 is 1.21 bits per heavy atom. The van der Waals surface area contributed by atoms with Crippen molar-refractivity contribution in [2.45, 2.75) is 76.5 Å². The number of thiol groups is 1. The maximum atomic E-state index is 5.44. The molecule has 5 aromatic carbocycles. The summed E-state index contributed by atoms with van der Waals surface area (Å²) in [5, 5.41) is 1.08. The summed E-state index contributed by atoms with van der Waals surface area (Å²) in [5.41, 5.74) is 14.6. The molecule has 0 radical (unpaired) electrons. The molecule has 264 valence electrons. The summed E-state index contributed by atoms with van der Waals surface area (Å²) in [5.74, 6) is 0.914. The van der Waals surface area contributed by atoms with Crippen molar-refractivity contribution in [1.82, 2.24) is 9.97 Å². The van der Waals surface area contributed by atoms with Crippen LogP contribution in [0.25, 0.3) is 44.4 Å². The third kappa shape index (κ3) is 6.13. The molecule has 3 nitrogen and oxygen atoms in total. The number of rotatable bonds is 4. The largest absolute Gasteiger partial charge is 0.294 e. The predicted octanol–water partition coefficient (Wildman–Crippen LogP) is 13.6. The average Bonchev–Trinajstić information content (AvgIpc) is 3.15. The van der Waals surface area contributed by atoms with E-state index in [0.717, 1.165) is 60.9 Å². The van der Waals surface area contributed by atoms with Gasteiger partial charge in [-0.25, -0.2) is 9.97 Å². The molecule has 0 aliphatic carbocycles. The number of anilines is 3. The van der Waals surface area contributed by atoms with Gasteiger partial charge in [0.25, 0.3) is 0 Å². The van der Waals surface area contributed by atoms with Crippen molar-refractivity contribution in [1.29, 1.82) is 0 Å². The fourth-order valence-electron chi connectivity index (χ4n) is 7.79. The van der Waals surface area contributed by atoms with Crippen molar-refractivity contribution in [2.75, 3.05) is 4.90 Å². The molecule has 3 heterocycles. The van der Waals surface area contributed by atoms with Crippen LogP contribution in [0.15, 0.2) is 138 Å². The number of hydrogen-bond acceptors (Lipinski definition) is 4. The summed E-state index contributed by atoms with van der Waals surface area (Å²) < 4.78 is 0. The summed E-state index contributed by atoms with van der Waals surface area (Å²) in [4.78, 5) is 13.6. The van der Waals surface area contributed by atoms with Gasteiger partial charge in [-0.15, -0.1) is 12.6 Å². The lowest BCUT2D eigenvalue weighted by atomic mass is 9.73. The van der Waals surface area contributed by atoms with Crippen LogP contribution in [-0.2, 0) is 16.2 Å². The minimum Gasteiger partial charge on any atom is -0.294 e. The molecule has 0 amide bonds. The number of nitrogens with zero attached hydrogens (tertiary/aromatic N) is 3. The van der Waals surface area contributed by atoms with Crippen molar-refractivity contribution in [3.8, 4) is 33.5 Å². The number of hydrogen-bond donors (Lipinski definition) is 1. The first-order valence-corrected chi connectivity index (χ1v) is 19.0. The lowest BCUT2D eigenvalue weighted by molar-refractivity contribution is 0.589. The minimum atomic E-state index is -0.209. The number of benzene rings is 5. The van der Waals surface area contributed by atoms with E-state index in [4.69, 9.17) is 22.6 Å². The molecule has 2 aromatic heterocycles. The zero-order chi connectivity index (χ0) is 37.3. The first-order chi connectivity index (χ1) is 25.2. The molecule has 0 saturated heterocycles. The van der Waals surface area contributed by atoms with Crippen LogP contribution in [0.4, 0.5) is 17.2 Å². The Balaban J connectivity index is 1.33. The molecule has 7 aromatic rings. The van der Waals surface area contributed by atoms with Crippen LogP contribution in [0.1, 0.15) is 77.6 Å². The molecule has 0 fully saturated rings. The molecule has 0 saturated carbocycles. The summed E-state index contributed by atoms with van der Waals surface area (Å²) in [6.07, 6.45) is 1.94. The summed E-state index contributed by atoms with van der Waals surface area (Å²) in [7, 11) is 0. The molecular weight excluding hydrogens is 663 g/mol. The van der Waals surface area contributed by atoms with Gasteiger partial charge in [-0.05, 0) is 97.8 Å². The smallest absolute Gasteiger partial charge is 0.137 e. The van der Waals surface area contributed by atoms with Gasteiger partial charge in [0.15, 0.2) is 0 Å². The molecule has 4 heteroatoms. The molecular formula is C49H47N3S. The van der Waals surface area contributed by atoms with Gasteiger partial charge in [0.1, 0.15) is 5.82 Å². The van der Waals surface area contributed by atoms with Gasteiger partial charge in [-0.2, -0.15) is 0 Å². The second-order valence-corrected chi connectivity index (χ2v) is 17.4. The standard InChI is InChI=1S/C49H47N3S/c1-47(2,3)34-21-18-32(19-22-34)37-30-38(31-14-10-9-11-15-31)46(53)45-36(37)23-25-41(51-45)33-20-24-40-43(28-33)52(42-17-13-12-16-39(42)49(40,7)8)44-29-35(26-27-50-44)48(4,5)6/h9-30,53H,1-8H3. The maximum absolute atomic E-state index is 5.44. The van der Waals surface area contributed by atoms with Crippen LogP contribution in [0.3, 0.4) is 0 Å². The van der Waals surface area contributed by atoms with Crippen LogP contribution in [0.2, 0.25) is 0 Å². The first kappa shape index (κ1) is 34.9. The third-order valence-electron chi connectivity index (χ3n) is 11.0. The predicted molar refractivity (Wildman–Crippen MR) is 227 cm³/mol. The van der Waals surface area contributed by atoms with E-state index in [-0.39, 0.29) is 16.2 Å². The van der Waals surface area contributed by atoms with Gasteiger partial charge in [0, 0.05) is 27.5 Å². The number of pyridine rings is 2. The van der Waals surface area contributed by atoms with E-state index in [2.05, 4.69) is 188 Å². The molecule has 0 unspecified atom stereocenters. The number of para-hydroxylation sites is 1. The Bertz CT molecular complexity index is 2500. The number of aromatic nitrogens is 2. The highest BCUT2D eigenvalue weighted by Crippen LogP contribution is 2.52. The Labute approximate surface area is 320 Å². The van der Waals surface area contributed by atoms with Crippen molar-refractivity contribution in [3.63, 3.8) is 0 Å². The lowest BCUT2D eigenvalue weighted by Gasteiger charge is -2.42. The quantitative estimate of drug-likeness (QED) is 0.185. The molecule has 53 heavy (non-hydrogen) atoms. The van der Waals surface area contributed by atoms with Crippen molar-refractivity contribution < 1.29 is 0 Å². The molecule has 1 aliphatic heterocycles. The average molecular weight is 710 g/mol. The third-order valence-corrected chi connectivity index (χ3v) is 11.4. The maximum Gasteiger partial charge on any atom is 0.137 e. The molecule has 0 spiro atoms. The molecule has 0 bridgehead atoms. The molecule has 1 aliphatic rings. The Kier molecular flexibility index (Phi) is 8.38. The highest BCUT2D eigenvalue weighted by molar-refractivity contribution is 7.80. The SMILES string of the molecule is CC(C)(C)c1ccc(-c2cc(-c3ccccc3)c(S)c3nc(-c4ccc5c(c4)N(c4cc(C(C)(C)C)ccn4)c4ccccc4C5(C)C)ccc23)cc1. The lowest BCUT2D eigenvalue weighted by Crippen LogP contribution is -2.31. The van der Waals surface area contributed by atoms with E-state index in [9.17, 15) is 0 Å². The van der Waals surface area contributed by atoms with Crippen LogP contribution in [-0.4, -0.2) is 9.97 Å². The topological polar surface area (TPSA) is 29.0 Å². The van der Waals surface area contributed by atoms with Gasteiger partial charge in [-0.3, -0.25) is 4.90 Å². The van der Waals surface area contributed by atoms with Gasteiger partial charge in [0.2, 0.25) is 0 Å². The summed E-state index contributed by atoms with van der Waals surface area (Å²) >= 11 is 5.20. The van der Waals surface area contributed by atoms with Crippen LogP contribution in [0, 0.1) is 0 Å². The van der Waals surface area contributed by atoms with Crippen LogP contribution in [0.5, 0.6) is 0 Å². The minimum absolute atomic E-state index is 0.0113. The van der Waals surface area contributed by atoms with Crippen LogP contribution >= 0.6 is 12.6 Å². The van der Waals surface area contributed by atoms with E-state index >= 15 is 0 Å². The number of fused-ring (bicyclic) bond motifs is 3. The highest BCUT2D eigenvalue weighted by atomic mass is 32.1. The fourth-order valence-corrected chi connectivity index (χ4v) is 8.16. The van der Waals surface area contributed by atoms with Gasteiger partial charge in [-0.1, -0.05) is 140 Å². The van der Waals surface area contributed by atoms with E-state index < -0.39 is 0 Å². The van der Waals surface area contributed by atoms with E-state index in [1.54, 1.807) is 0 Å². The monoisotopic (exact) mass is 709 g/mol. The molecule has 0 atom stereocenters.